The Kier molecular flexibility index (Phi) is 8.69. The predicted octanol–water partition coefficient (Wildman–Crippen LogP) is 9.87. The van der Waals surface area contributed by atoms with Crippen LogP contribution in [0.1, 0.15) is 157 Å². The zero-order valence-electron chi connectivity index (χ0n) is 36.3. The van der Waals surface area contributed by atoms with Gasteiger partial charge in [-0.25, -0.2) is 9.78 Å². The minimum Gasteiger partial charge on any atom is -0.453 e. The van der Waals surface area contributed by atoms with Gasteiger partial charge in [-0.15, -0.1) is 0 Å². The van der Waals surface area contributed by atoms with Crippen molar-refractivity contribution in [1.29, 1.82) is 0 Å². The maximum atomic E-state index is 14.0. The van der Waals surface area contributed by atoms with Crippen LogP contribution in [0.15, 0.2) is 54.7 Å². The van der Waals surface area contributed by atoms with Crippen molar-refractivity contribution in [3.8, 4) is 33.5 Å². The molecule has 312 valence electrons. The van der Waals surface area contributed by atoms with Crippen LogP contribution < -0.4 is 10.8 Å². The zero-order valence-corrected chi connectivity index (χ0v) is 36.3. The molecule has 5 fully saturated rings. The third-order valence-electron chi connectivity index (χ3n) is 16.5. The number of nitrogens with one attached hydrogen (secondary N) is 2. The number of benzene rings is 3. The van der Waals surface area contributed by atoms with Gasteiger partial charge in [0.1, 0.15) is 11.9 Å². The number of amides is 2. The summed E-state index contributed by atoms with van der Waals surface area (Å²) in [6, 6.07) is 17.8. The molecule has 4 aromatic rings. The smallest absolute Gasteiger partial charge is 0.453 e. The maximum absolute atomic E-state index is 14.0. The van der Waals surface area contributed by atoms with E-state index in [0.717, 1.165) is 36.3 Å². The molecule has 3 heterocycles. The number of nitrogens with zero attached hydrogens (tertiary/aromatic N) is 2. The summed E-state index contributed by atoms with van der Waals surface area (Å²) in [7, 11) is 1.00. The van der Waals surface area contributed by atoms with Gasteiger partial charge in [-0.05, 0) is 176 Å². The van der Waals surface area contributed by atoms with Gasteiger partial charge >= 0.3 is 13.2 Å². The van der Waals surface area contributed by atoms with Crippen LogP contribution in [0.5, 0.6) is 0 Å². The average Bonchev–Trinajstić information content (AvgIpc) is 3.98. The standard InChI is InChI=1S/C50H59BN4O5/c1-27(2)44(54-47(57)58-7)46(56)55-26-50(20-21-50)24-39(55)45-52-25-38(53-45)29-10-8-28(9-11-29)34-16-17-35(41-31-13-12-30(22-31)40(34)41)36-18-19-37(43-33-15-14-32(23-33)42(36)43)51-59-48(3,4)49(5,6)60-51/h8-11,16-19,25,27,30-33,39,44H,12-15,20-24,26H2,1-7H3,(H,52,53)(H,54,57). The topological polar surface area (TPSA) is 106 Å². The Labute approximate surface area is 354 Å². The molecule has 6 atom stereocenters. The number of aromatic amines is 1. The number of methoxy groups -OCH3 is 1. The van der Waals surface area contributed by atoms with Gasteiger partial charge in [0.2, 0.25) is 5.91 Å². The number of rotatable bonds is 8. The summed E-state index contributed by atoms with van der Waals surface area (Å²) in [5, 5.41) is 2.79. The summed E-state index contributed by atoms with van der Waals surface area (Å²) in [6.45, 7) is 13.2. The van der Waals surface area contributed by atoms with Crippen molar-refractivity contribution in [3.63, 3.8) is 0 Å². The first-order valence-corrected chi connectivity index (χ1v) is 22.7. The van der Waals surface area contributed by atoms with E-state index >= 15 is 0 Å². The number of carbonyl (C=O) groups is 2. The van der Waals surface area contributed by atoms with E-state index in [-0.39, 0.29) is 41.6 Å². The van der Waals surface area contributed by atoms with Crippen LogP contribution in [-0.2, 0) is 18.8 Å². The number of carbonyl (C=O) groups excluding carboxylic acids is 2. The van der Waals surface area contributed by atoms with Crippen molar-refractivity contribution in [2.45, 2.75) is 146 Å². The molecule has 1 aromatic heterocycles. The van der Waals surface area contributed by atoms with Gasteiger partial charge in [0.25, 0.3) is 0 Å². The second-order valence-corrected chi connectivity index (χ2v) is 20.8. The Morgan fingerprint density at radius 2 is 1.35 bits per heavy atom. The van der Waals surface area contributed by atoms with Crippen molar-refractivity contribution < 1.29 is 23.6 Å². The highest BCUT2D eigenvalue weighted by molar-refractivity contribution is 6.62. The van der Waals surface area contributed by atoms with Crippen LogP contribution in [0.25, 0.3) is 33.5 Å². The van der Waals surface area contributed by atoms with Crippen LogP contribution in [0, 0.1) is 11.3 Å². The lowest BCUT2D eigenvalue weighted by molar-refractivity contribution is -0.135. The molecule has 7 aliphatic rings. The number of ether oxygens (including phenoxy) is 1. The first-order chi connectivity index (χ1) is 28.7. The minimum absolute atomic E-state index is 0.0751. The van der Waals surface area contributed by atoms with Gasteiger partial charge in [0, 0.05) is 6.54 Å². The van der Waals surface area contributed by atoms with E-state index in [0.29, 0.717) is 30.2 Å². The van der Waals surface area contributed by atoms with Crippen molar-refractivity contribution in [2.75, 3.05) is 13.7 Å². The maximum Gasteiger partial charge on any atom is 0.495 e. The van der Waals surface area contributed by atoms with E-state index in [1.54, 1.807) is 16.7 Å². The second kappa shape index (κ2) is 13.5. The summed E-state index contributed by atoms with van der Waals surface area (Å²) >= 11 is 0. The van der Waals surface area contributed by atoms with Gasteiger partial charge < -0.3 is 29.2 Å². The molecule has 2 amide bonds. The summed E-state index contributed by atoms with van der Waals surface area (Å²) in [6.07, 6.45) is 12.0. The molecule has 6 unspecified atom stereocenters. The van der Waals surface area contributed by atoms with Crippen LogP contribution in [0.4, 0.5) is 4.79 Å². The number of aromatic nitrogens is 2. The number of fused-ring (bicyclic) bond motifs is 10. The van der Waals surface area contributed by atoms with E-state index in [9.17, 15) is 9.59 Å². The number of hydrogen-bond acceptors (Lipinski definition) is 6. The fourth-order valence-corrected chi connectivity index (χ4v) is 12.4. The highest BCUT2D eigenvalue weighted by atomic mass is 16.7. The van der Waals surface area contributed by atoms with E-state index < -0.39 is 12.1 Å². The second-order valence-electron chi connectivity index (χ2n) is 20.8. The number of alkyl carbamates (subject to hydrolysis) is 1. The summed E-state index contributed by atoms with van der Waals surface area (Å²) in [5.74, 6) is 3.07. The Bertz CT molecular complexity index is 2400. The van der Waals surface area contributed by atoms with Gasteiger partial charge in [0.05, 0.1) is 36.2 Å². The molecule has 4 bridgehead atoms. The van der Waals surface area contributed by atoms with Crippen LogP contribution in [0.3, 0.4) is 0 Å². The minimum atomic E-state index is -0.662. The number of likely N-dealkylation sites (tertiary alicyclic amines) is 1. The van der Waals surface area contributed by atoms with E-state index in [2.05, 4.69) is 86.5 Å². The average molecular weight is 807 g/mol. The van der Waals surface area contributed by atoms with Crippen LogP contribution >= 0.6 is 0 Å². The molecule has 9 nitrogen and oxygen atoms in total. The molecule has 10 heteroatoms. The molecular formula is C50H59BN4O5. The van der Waals surface area contributed by atoms with Crippen molar-refractivity contribution in [1.82, 2.24) is 20.2 Å². The van der Waals surface area contributed by atoms with Gasteiger partial charge in [-0.1, -0.05) is 62.4 Å². The van der Waals surface area contributed by atoms with E-state index in [4.69, 9.17) is 19.0 Å². The lowest BCUT2D eigenvalue weighted by Crippen LogP contribution is -2.51. The predicted molar refractivity (Wildman–Crippen MR) is 234 cm³/mol. The number of imidazole rings is 1. The largest absolute Gasteiger partial charge is 0.495 e. The Morgan fingerprint density at radius 3 is 1.95 bits per heavy atom. The Balaban J connectivity index is 0.893. The van der Waals surface area contributed by atoms with Crippen LogP contribution in [-0.4, -0.2) is 64.9 Å². The molecule has 3 aromatic carbocycles. The highest BCUT2D eigenvalue weighted by Gasteiger charge is 2.56. The molecule has 60 heavy (non-hydrogen) atoms. The quantitative estimate of drug-likeness (QED) is 0.172. The van der Waals surface area contributed by atoms with E-state index in [1.165, 1.54) is 78.9 Å². The first-order valence-electron chi connectivity index (χ1n) is 22.7. The molecule has 1 spiro atoms. The lowest BCUT2D eigenvalue weighted by atomic mass is 9.69. The summed E-state index contributed by atoms with van der Waals surface area (Å²) in [5.41, 5.74) is 14.5. The molecule has 2 saturated heterocycles. The molecule has 2 N–H and O–H groups in total. The molecule has 3 saturated carbocycles. The van der Waals surface area contributed by atoms with Crippen molar-refractivity contribution >= 4 is 24.6 Å². The first kappa shape index (κ1) is 38.5. The molecule has 11 rings (SSSR count). The van der Waals surface area contributed by atoms with Gasteiger partial charge in [-0.2, -0.15) is 0 Å². The fraction of sp³-hybridized carbons (Fsp3) is 0.540. The zero-order chi connectivity index (χ0) is 41.5. The summed E-state index contributed by atoms with van der Waals surface area (Å²) < 4.78 is 18.2. The summed E-state index contributed by atoms with van der Waals surface area (Å²) in [4.78, 5) is 36.6. The monoisotopic (exact) mass is 806 g/mol. The third-order valence-corrected chi connectivity index (χ3v) is 16.5. The molecule has 0 radical (unpaired) electrons. The Hall–Kier alpha value is -4.41. The van der Waals surface area contributed by atoms with Crippen LogP contribution in [0.2, 0.25) is 0 Å². The normalized spacial score (nSPS) is 27.5. The van der Waals surface area contributed by atoms with Gasteiger partial charge in [0.15, 0.2) is 0 Å². The fourth-order valence-electron chi connectivity index (χ4n) is 12.4. The lowest BCUT2D eigenvalue weighted by Gasteiger charge is -2.32. The van der Waals surface area contributed by atoms with Gasteiger partial charge in [-0.3, -0.25) is 4.79 Å². The third kappa shape index (κ3) is 5.89. The molecule has 5 aliphatic carbocycles. The highest BCUT2D eigenvalue weighted by Crippen LogP contribution is 2.62. The Morgan fingerprint density at radius 1 is 0.800 bits per heavy atom. The number of hydrogen-bond donors (Lipinski definition) is 2. The SMILES string of the molecule is COC(=O)NC(C(=O)N1CC2(CC2)CC1c1ncc(-c2ccc(-c3ccc(-c4ccc(B5OC(C)(C)C(C)(C)O5)c5c4C4CCC5C4)c4c3C3CCC4C3)cc2)[nH]1)C(C)C. The molecular weight excluding hydrogens is 747 g/mol. The van der Waals surface area contributed by atoms with E-state index in [1.807, 2.05) is 24.9 Å². The number of H-pyrrole nitrogens is 1. The van der Waals surface area contributed by atoms with Crippen molar-refractivity contribution in [3.05, 3.63) is 82.8 Å². The van der Waals surface area contributed by atoms with Crippen molar-refractivity contribution in [2.24, 2.45) is 11.3 Å². The molecule has 2 aliphatic heterocycles.